The lowest BCUT2D eigenvalue weighted by Gasteiger charge is -2.11. The van der Waals surface area contributed by atoms with Crippen LogP contribution in [0, 0.1) is 20.8 Å². The minimum absolute atomic E-state index is 0.155. The molecule has 0 aromatic heterocycles. The molecule has 0 spiro atoms. The molecule has 0 saturated heterocycles. The van der Waals surface area contributed by atoms with Crippen molar-refractivity contribution in [3.8, 4) is 0 Å². The maximum Gasteiger partial charge on any atom is 0.261 e. The van der Waals surface area contributed by atoms with Crippen LogP contribution in [-0.2, 0) is 20.0 Å². The van der Waals surface area contributed by atoms with Gasteiger partial charge in [0.05, 0.1) is 9.79 Å². The molecule has 0 radical (unpaired) electrons. The first kappa shape index (κ1) is 20.9. The second-order valence-electron chi connectivity index (χ2n) is 6.85. The van der Waals surface area contributed by atoms with E-state index in [1.807, 2.05) is 20.8 Å². The molecule has 6 nitrogen and oxygen atoms in total. The van der Waals surface area contributed by atoms with Crippen molar-refractivity contribution < 1.29 is 16.8 Å². The van der Waals surface area contributed by atoms with Gasteiger partial charge in [-0.25, -0.2) is 16.8 Å². The van der Waals surface area contributed by atoms with E-state index in [0.29, 0.717) is 11.4 Å². The number of rotatable bonds is 6. The number of benzene rings is 3. The largest absolute Gasteiger partial charge is 0.280 e. The van der Waals surface area contributed by atoms with Crippen molar-refractivity contribution in [1.29, 1.82) is 0 Å². The van der Waals surface area contributed by atoms with Crippen LogP contribution in [0.15, 0.2) is 76.5 Å². The van der Waals surface area contributed by atoms with Crippen molar-refractivity contribution in [2.75, 3.05) is 9.44 Å². The van der Waals surface area contributed by atoms with Crippen LogP contribution in [0.25, 0.3) is 0 Å². The number of anilines is 2. The van der Waals surface area contributed by atoms with Crippen LogP contribution < -0.4 is 9.44 Å². The molecule has 0 heterocycles. The highest BCUT2D eigenvalue weighted by atomic mass is 32.2. The minimum atomic E-state index is -3.74. The highest BCUT2D eigenvalue weighted by Crippen LogP contribution is 2.22. The summed E-state index contributed by atoms with van der Waals surface area (Å²) in [5.74, 6) is 0. The Hall–Kier alpha value is -2.84. The van der Waals surface area contributed by atoms with E-state index in [4.69, 9.17) is 0 Å². The molecular formula is C21H22N2O4S2. The summed E-state index contributed by atoms with van der Waals surface area (Å²) in [6.45, 7) is 5.64. The molecule has 8 heteroatoms. The Balaban J connectivity index is 1.76. The van der Waals surface area contributed by atoms with Gasteiger partial charge in [0.25, 0.3) is 20.0 Å². The zero-order valence-corrected chi connectivity index (χ0v) is 17.9. The van der Waals surface area contributed by atoms with Crippen LogP contribution in [0.3, 0.4) is 0 Å². The maximum absolute atomic E-state index is 12.6. The number of hydrogen-bond donors (Lipinski definition) is 2. The Labute approximate surface area is 171 Å². The predicted molar refractivity (Wildman–Crippen MR) is 115 cm³/mol. The van der Waals surface area contributed by atoms with E-state index in [-0.39, 0.29) is 9.79 Å². The van der Waals surface area contributed by atoms with E-state index < -0.39 is 20.0 Å². The van der Waals surface area contributed by atoms with Crippen molar-refractivity contribution >= 4 is 31.4 Å². The Morgan fingerprint density at radius 1 is 0.552 bits per heavy atom. The van der Waals surface area contributed by atoms with Gasteiger partial charge in [0.15, 0.2) is 0 Å². The fourth-order valence-electron chi connectivity index (χ4n) is 2.63. The van der Waals surface area contributed by atoms with E-state index in [9.17, 15) is 16.8 Å². The summed E-state index contributed by atoms with van der Waals surface area (Å²) in [7, 11) is -7.45. The molecule has 152 valence electrons. The van der Waals surface area contributed by atoms with Gasteiger partial charge in [-0.3, -0.25) is 9.44 Å². The summed E-state index contributed by atoms with van der Waals surface area (Å²) >= 11 is 0. The predicted octanol–water partition coefficient (Wildman–Crippen LogP) is 4.21. The van der Waals surface area contributed by atoms with Gasteiger partial charge in [-0.1, -0.05) is 23.8 Å². The lowest BCUT2D eigenvalue weighted by atomic mass is 10.1. The molecule has 2 N–H and O–H groups in total. The monoisotopic (exact) mass is 430 g/mol. The molecule has 29 heavy (non-hydrogen) atoms. The van der Waals surface area contributed by atoms with Gasteiger partial charge in [-0.05, 0) is 80.4 Å². The highest BCUT2D eigenvalue weighted by Gasteiger charge is 2.16. The van der Waals surface area contributed by atoms with Crippen molar-refractivity contribution in [2.24, 2.45) is 0 Å². The average molecular weight is 431 g/mol. The summed E-state index contributed by atoms with van der Waals surface area (Å²) in [5, 5.41) is 0. The van der Waals surface area contributed by atoms with Crippen LogP contribution in [0.1, 0.15) is 16.7 Å². The quantitative estimate of drug-likeness (QED) is 0.613. The number of sulfonamides is 2. The minimum Gasteiger partial charge on any atom is -0.280 e. The van der Waals surface area contributed by atoms with Crippen LogP contribution in [0.2, 0.25) is 0 Å². The van der Waals surface area contributed by atoms with E-state index >= 15 is 0 Å². The van der Waals surface area contributed by atoms with Gasteiger partial charge in [0, 0.05) is 11.4 Å². The standard InChI is InChI=1S/C21H22N2O4S2/c1-15-4-11-20(12-5-15)28(24,25)22-18-7-9-19(10-8-18)23-29(26,27)21-13-6-16(2)17(3)14-21/h4-14,22-23H,1-3H3. The van der Waals surface area contributed by atoms with Gasteiger partial charge < -0.3 is 0 Å². The van der Waals surface area contributed by atoms with Crippen molar-refractivity contribution in [3.63, 3.8) is 0 Å². The number of hydrogen-bond acceptors (Lipinski definition) is 4. The molecule has 0 aliphatic heterocycles. The molecule has 0 aliphatic rings. The Morgan fingerprint density at radius 2 is 1.00 bits per heavy atom. The molecule has 0 amide bonds. The highest BCUT2D eigenvalue weighted by molar-refractivity contribution is 7.93. The zero-order valence-electron chi connectivity index (χ0n) is 16.3. The van der Waals surface area contributed by atoms with Crippen LogP contribution >= 0.6 is 0 Å². The third kappa shape index (κ3) is 4.96. The molecule has 3 rings (SSSR count). The lowest BCUT2D eigenvalue weighted by molar-refractivity contribution is 0.599. The molecule has 0 aliphatic carbocycles. The van der Waals surface area contributed by atoms with Crippen molar-refractivity contribution in [1.82, 2.24) is 0 Å². The third-order valence-corrected chi connectivity index (χ3v) is 7.29. The summed E-state index contributed by atoms with van der Waals surface area (Å²) < 4.78 is 55.0. The van der Waals surface area contributed by atoms with Gasteiger partial charge in [0.2, 0.25) is 0 Å². The van der Waals surface area contributed by atoms with E-state index in [0.717, 1.165) is 16.7 Å². The fraction of sp³-hybridized carbons (Fsp3) is 0.143. The third-order valence-electron chi connectivity index (χ3n) is 4.51. The van der Waals surface area contributed by atoms with Crippen molar-refractivity contribution in [3.05, 3.63) is 83.4 Å². The molecule has 0 unspecified atom stereocenters. The van der Waals surface area contributed by atoms with Crippen LogP contribution in [-0.4, -0.2) is 16.8 Å². The average Bonchev–Trinajstić information content (AvgIpc) is 2.65. The topological polar surface area (TPSA) is 92.3 Å². The van der Waals surface area contributed by atoms with Crippen LogP contribution in [0.5, 0.6) is 0 Å². The van der Waals surface area contributed by atoms with Gasteiger partial charge in [0.1, 0.15) is 0 Å². The Morgan fingerprint density at radius 3 is 1.48 bits per heavy atom. The van der Waals surface area contributed by atoms with E-state index in [1.54, 1.807) is 30.3 Å². The lowest BCUT2D eigenvalue weighted by Crippen LogP contribution is -2.14. The maximum atomic E-state index is 12.6. The molecule has 0 bridgehead atoms. The summed E-state index contributed by atoms with van der Waals surface area (Å²) in [6.07, 6.45) is 0. The van der Waals surface area contributed by atoms with Gasteiger partial charge in [-0.15, -0.1) is 0 Å². The first-order chi connectivity index (χ1) is 13.6. The summed E-state index contributed by atoms with van der Waals surface area (Å²) in [5.41, 5.74) is 3.52. The molecule has 0 fully saturated rings. The Bertz CT molecular complexity index is 1230. The smallest absolute Gasteiger partial charge is 0.261 e. The summed E-state index contributed by atoms with van der Waals surface area (Å²) in [4.78, 5) is 0.326. The normalized spacial score (nSPS) is 11.8. The van der Waals surface area contributed by atoms with Gasteiger partial charge in [-0.2, -0.15) is 0 Å². The molecule has 0 saturated carbocycles. The van der Waals surface area contributed by atoms with Crippen molar-refractivity contribution in [2.45, 2.75) is 30.6 Å². The zero-order chi connectivity index (χ0) is 21.2. The molecule has 3 aromatic rings. The van der Waals surface area contributed by atoms with Crippen LogP contribution in [0.4, 0.5) is 11.4 Å². The SMILES string of the molecule is Cc1ccc(S(=O)(=O)Nc2ccc(NS(=O)(=O)c3ccc(C)c(C)c3)cc2)cc1. The first-order valence-electron chi connectivity index (χ1n) is 8.86. The first-order valence-corrected chi connectivity index (χ1v) is 11.8. The second-order valence-corrected chi connectivity index (χ2v) is 10.2. The summed E-state index contributed by atoms with van der Waals surface area (Å²) in [6, 6.07) is 17.4. The van der Waals surface area contributed by atoms with E-state index in [2.05, 4.69) is 9.44 Å². The van der Waals surface area contributed by atoms with Gasteiger partial charge >= 0.3 is 0 Å². The molecule has 3 aromatic carbocycles. The number of nitrogens with one attached hydrogen (secondary N) is 2. The number of aryl methyl sites for hydroxylation is 3. The molecule has 0 atom stereocenters. The van der Waals surface area contributed by atoms with E-state index in [1.165, 1.54) is 36.4 Å². The molecular weight excluding hydrogens is 408 g/mol. The fourth-order valence-corrected chi connectivity index (χ4v) is 4.83. The second kappa shape index (κ2) is 7.88. The Kier molecular flexibility index (Phi) is 5.68.